The van der Waals surface area contributed by atoms with Crippen molar-refractivity contribution in [3.8, 4) is 112 Å². The minimum Gasteiger partial charge on any atom is -0.247 e. The fourth-order valence-corrected chi connectivity index (χ4v) is 10.8. The zero-order valence-corrected chi connectivity index (χ0v) is 40.6. The van der Waals surface area contributed by atoms with Gasteiger partial charge in [0.1, 0.15) is 0 Å². The highest BCUT2D eigenvalue weighted by Gasteiger charge is 2.20. The van der Waals surface area contributed by atoms with Gasteiger partial charge in [-0.3, -0.25) is 0 Å². The van der Waals surface area contributed by atoms with E-state index >= 15 is 0 Å². The molecular weight excluding hydrogens is 893 g/mol. The summed E-state index contributed by atoms with van der Waals surface area (Å²) >= 11 is 0. The number of rotatable bonds is 10. The Bertz CT molecular complexity index is 4120. The number of fused-ring (bicyclic) bond motifs is 2. The third kappa shape index (κ3) is 8.35. The predicted octanol–water partition coefficient (Wildman–Crippen LogP) is 19.5. The van der Waals surface area contributed by atoms with Crippen LogP contribution in [0.3, 0.4) is 0 Å². The average Bonchev–Trinajstić information content (AvgIpc) is 3.49. The van der Waals surface area contributed by atoms with Crippen LogP contribution in [0.25, 0.3) is 133 Å². The van der Waals surface area contributed by atoms with Crippen LogP contribution in [0.1, 0.15) is 0 Å². The number of nitrogens with zero attached hydrogens (tertiary/aromatic N) is 2. The molecule has 0 bridgehead atoms. The molecule has 13 aromatic rings. The van der Waals surface area contributed by atoms with Gasteiger partial charge in [0.2, 0.25) is 0 Å². The smallest absolute Gasteiger partial charge is 0.0787 e. The van der Waals surface area contributed by atoms with Gasteiger partial charge in [-0.05, 0) is 95.4 Å². The molecule has 0 radical (unpaired) electrons. The lowest BCUT2D eigenvalue weighted by molar-refractivity contribution is 1.32. The summed E-state index contributed by atoms with van der Waals surface area (Å²) < 4.78 is 0. The number of hydrogen-bond acceptors (Lipinski definition) is 2. The first-order chi connectivity index (χ1) is 36.7. The molecule has 0 fully saturated rings. The maximum atomic E-state index is 5.31. The molecule has 0 N–H and O–H groups in total. The maximum absolute atomic E-state index is 5.31. The number of hydrogen-bond donors (Lipinski definition) is 0. The first-order valence-electron chi connectivity index (χ1n) is 25.3. The van der Waals surface area contributed by atoms with E-state index in [-0.39, 0.29) is 0 Å². The van der Waals surface area contributed by atoms with Gasteiger partial charge in [0, 0.05) is 33.4 Å². The Kier molecular flexibility index (Phi) is 11.6. The molecular formula is C72H48N2. The standard InChI is InChI=1S/C72H48N2/c1-6-20-49(21-7-1)59-30-16-17-31-60(59)58-42-43-65-66(48-58)70(55-40-36-51(37-41-55)62-45-47-68(53-24-10-3-11-25-53)74-72(62)57-28-14-5-15-29-57)64-33-19-18-32-63(64)69(65)54-38-34-50(35-39-54)61-44-46-67(52-22-8-2-9-23-52)73-71(61)56-26-12-4-13-27-56/h1-48H. The summed E-state index contributed by atoms with van der Waals surface area (Å²) in [6, 6.07) is 104. The second kappa shape index (κ2) is 19.4. The third-order valence-electron chi connectivity index (χ3n) is 14.3. The molecule has 0 aliphatic heterocycles. The highest BCUT2D eigenvalue weighted by Crippen LogP contribution is 2.47. The lowest BCUT2D eigenvalue weighted by Crippen LogP contribution is -1.94. The van der Waals surface area contributed by atoms with E-state index in [1.807, 2.05) is 12.1 Å². The fourth-order valence-electron chi connectivity index (χ4n) is 10.8. The summed E-state index contributed by atoms with van der Waals surface area (Å²) in [4.78, 5) is 10.6. The van der Waals surface area contributed by atoms with Crippen molar-refractivity contribution >= 4 is 21.5 Å². The summed E-state index contributed by atoms with van der Waals surface area (Å²) in [5, 5.41) is 4.80. The zero-order chi connectivity index (χ0) is 49.2. The van der Waals surface area contributed by atoms with Crippen molar-refractivity contribution in [3.05, 3.63) is 291 Å². The van der Waals surface area contributed by atoms with Crippen molar-refractivity contribution in [2.24, 2.45) is 0 Å². The van der Waals surface area contributed by atoms with E-state index in [1.165, 1.54) is 54.9 Å². The fraction of sp³-hybridized carbons (Fsp3) is 0. The van der Waals surface area contributed by atoms with Crippen LogP contribution in [0.15, 0.2) is 291 Å². The molecule has 0 aliphatic rings. The Balaban J connectivity index is 0.978. The van der Waals surface area contributed by atoms with E-state index in [9.17, 15) is 0 Å². The molecule has 2 heterocycles. The van der Waals surface area contributed by atoms with Crippen molar-refractivity contribution in [3.63, 3.8) is 0 Å². The highest BCUT2D eigenvalue weighted by molar-refractivity contribution is 6.22. The van der Waals surface area contributed by atoms with Crippen molar-refractivity contribution < 1.29 is 0 Å². The van der Waals surface area contributed by atoms with Crippen LogP contribution in [-0.2, 0) is 0 Å². The monoisotopic (exact) mass is 940 g/mol. The average molecular weight is 941 g/mol. The van der Waals surface area contributed by atoms with Crippen molar-refractivity contribution in [2.45, 2.75) is 0 Å². The molecule has 2 nitrogen and oxygen atoms in total. The topological polar surface area (TPSA) is 25.8 Å². The molecule has 0 saturated heterocycles. The largest absolute Gasteiger partial charge is 0.247 e. The lowest BCUT2D eigenvalue weighted by atomic mass is 9.83. The molecule has 0 saturated carbocycles. The zero-order valence-electron chi connectivity index (χ0n) is 40.6. The van der Waals surface area contributed by atoms with Crippen LogP contribution in [0.5, 0.6) is 0 Å². The Labute approximate surface area is 432 Å². The number of benzene rings is 11. The van der Waals surface area contributed by atoms with E-state index in [1.54, 1.807) is 0 Å². The van der Waals surface area contributed by atoms with E-state index in [0.29, 0.717) is 0 Å². The van der Waals surface area contributed by atoms with Gasteiger partial charge in [-0.25, -0.2) is 9.97 Å². The first-order valence-corrected chi connectivity index (χ1v) is 25.3. The molecule has 74 heavy (non-hydrogen) atoms. The van der Waals surface area contributed by atoms with E-state index in [0.717, 1.165) is 78.4 Å². The minimum absolute atomic E-state index is 0.952. The van der Waals surface area contributed by atoms with Crippen LogP contribution in [-0.4, -0.2) is 9.97 Å². The molecule has 11 aromatic carbocycles. The summed E-state index contributed by atoms with van der Waals surface area (Å²) in [6.07, 6.45) is 0. The summed E-state index contributed by atoms with van der Waals surface area (Å²) in [5.74, 6) is 0. The van der Waals surface area contributed by atoms with Crippen molar-refractivity contribution in [1.29, 1.82) is 0 Å². The van der Waals surface area contributed by atoms with Crippen LogP contribution in [0.2, 0.25) is 0 Å². The lowest BCUT2D eigenvalue weighted by Gasteiger charge is -2.20. The minimum atomic E-state index is 0.952. The number of aromatic nitrogens is 2. The van der Waals surface area contributed by atoms with Gasteiger partial charge >= 0.3 is 0 Å². The van der Waals surface area contributed by atoms with E-state index in [4.69, 9.17) is 9.97 Å². The predicted molar refractivity (Wildman–Crippen MR) is 311 cm³/mol. The first kappa shape index (κ1) is 44.2. The Morgan fingerprint density at radius 2 is 0.486 bits per heavy atom. The van der Waals surface area contributed by atoms with Crippen molar-refractivity contribution in [1.82, 2.24) is 9.97 Å². The van der Waals surface area contributed by atoms with Gasteiger partial charge in [0.15, 0.2) is 0 Å². The van der Waals surface area contributed by atoms with Gasteiger partial charge < -0.3 is 0 Å². The summed E-state index contributed by atoms with van der Waals surface area (Å²) in [6.45, 7) is 0. The molecule has 0 amide bonds. The molecule has 0 unspecified atom stereocenters. The van der Waals surface area contributed by atoms with Gasteiger partial charge in [-0.2, -0.15) is 0 Å². The maximum Gasteiger partial charge on any atom is 0.0787 e. The second-order valence-electron chi connectivity index (χ2n) is 18.8. The molecule has 2 aromatic heterocycles. The van der Waals surface area contributed by atoms with Gasteiger partial charge in [0.25, 0.3) is 0 Å². The summed E-state index contributed by atoms with van der Waals surface area (Å²) in [5.41, 5.74) is 22.1. The van der Waals surface area contributed by atoms with Crippen LogP contribution in [0.4, 0.5) is 0 Å². The van der Waals surface area contributed by atoms with Crippen molar-refractivity contribution in [2.75, 3.05) is 0 Å². The molecule has 0 atom stereocenters. The van der Waals surface area contributed by atoms with E-state index < -0.39 is 0 Å². The molecule has 346 valence electrons. The number of pyridine rings is 2. The van der Waals surface area contributed by atoms with E-state index in [2.05, 4.69) is 279 Å². The summed E-state index contributed by atoms with van der Waals surface area (Å²) in [7, 11) is 0. The molecule has 0 spiro atoms. The second-order valence-corrected chi connectivity index (χ2v) is 18.8. The van der Waals surface area contributed by atoms with Crippen LogP contribution < -0.4 is 0 Å². The Morgan fingerprint density at radius 1 is 0.176 bits per heavy atom. The molecule has 0 aliphatic carbocycles. The van der Waals surface area contributed by atoms with Gasteiger partial charge in [-0.1, -0.05) is 273 Å². The highest BCUT2D eigenvalue weighted by atomic mass is 14.7. The molecule has 13 rings (SSSR count). The Hall–Kier alpha value is -9.76. The quantitative estimate of drug-likeness (QED) is 0.128. The Morgan fingerprint density at radius 3 is 0.932 bits per heavy atom. The van der Waals surface area contributed by atoms with Gasteiger partial charge in [0.05, 0.1) is 22.8 Å². The van der Waals surface area contributed by atoms with Gasteiger partial charge in [-0.15, -0.1) is 0 Å². The van der Waals surface area contributed by atoms with Crippen LogP contribution >= 0.6 is 0 Å². The molecule has 2 heteroatoms. The normalized spacial score (nSPS) is 11.2. The third-order valence-corrected chi connectivity index (χ3v) is 14.3. The van der Waals surface area contributed by atoms with Crippen LogP contribution in [0, 0.1) is 0 Å². The SMILES string of the molecule is c1ccc(-c2ccc(-c3ccc(-c4c5ccccc5c(-c5ccc(-c6ccc(-c7ccccc7)nc6-c6ccccc6)cc5)c5cc(-c6ccccc6-c6ccccc6)ccc45)cc3)c(-c3ccccc3)n2)cc1.